The van der Waals surface area contributed by atoms with Crippen LogP contribution in [0.2, 0.25) is 0 Å². The van der Waals surface area contributed by atoms with Gasteiger partial charge in [-0.2, -0.15) is 0 Å². The van der Waals surface area contributed by atoms with Crippen LogP contribution in [0, 0.1) is 12.8 Å². The largest absolute Gasteiger partial charge is 0.377 e. The summed E-state index contributed by atoms with van der Waals surface area (Å²) in [6.45, 7) is 11.4. The average Bonchev–Trinajstić information content (AvgIpc) is 2.69. The topological polar surface area (TPSA) is 24.5 Å². The highest BCUT2D eigenvalue weighted by molar-refractivity contribution is 7.12. The molecule has 116 valence electrons. The molecular formula is C16H30N2OS. The number of ether oxygens (including phenoxy) is 1. The van der Waals surface area contributed by atoms with Gasteiger partial charge in [0.1, 0.15) is 0 Å². The Hall–Kier alpha value is -0.420. The monoisotopic (exact) mass is 298 g/mol. The summed E-state index contributed by atoms with van der Waals surface area (Å²) >= 11 is 1.88. The number of hydrogen-bond donors (Lipinski definition) is 1. The molecule has 0 aliphatic carbocycles. The Morgan fingerprint density at radius 1 is 1.35 bits per heavy atom. The van der Waals surface area contributed by atoms with Gasteiger partial charge in [0, 0.05) is 22.9 Å². The molecule has 0 aliphatic heterocycles. The summed E-state index contributed by atoms with van der Waals surface area (Å²) in [5.74, 6) is 0.704. The van der Waals surface area contributed by atoms with E-state index in [-0.39, 0.29) is 0 Å². The number of nitrogens with zero attached hydrogens (tertiary/aromatic N) is 1. The lowest BCUT2D eigenvalue weighted by molar-refractivity contribution is 0.113. The zero-order valence-electron chi connectivity index (χ0n) is 13.7. The van der Waals surface area contributed by atoms with E-state index in [1.807, 2.05) is 11.3 Å². The second-order valence-electron chi connectivity index (χ2n) is 6.03. The van der Waals surface area contributed by atoms with Crippen LogP contribution in [0.5, 0.6) is 0 Å². The van der Waals surface area contributed by atoms with Crippen LogP contribution in [-0.4, -0.2) is 38.7 Å². The van der Waals surface area contributed by atoms with Gasteiger partial charge in [0.2, 0.25) is 0 Å². The van der Waals surface area contributed by atoms with Crippen molar-refractivity contribution >= 4 is 11.3 Å². The lowest BCUT2D eigenvalue weighted by Gasteiger charge is -2.09. The Bertz CT molecular complexity index is 375. The fourth-order valence-electron chi connectivity index (χ4n) is 1.97. The Morgan fingerprint density at radius 3 is 2.75 bits per heavy atom. The van der Waals surface area contributed by atoms with Crippen LogP contribution in [0.25, 0.3) is 0 Å². The minimum absolute atomic E-state index is 0.704. The number of hydrogen-bond acceptors (Lipinski definition) is 4. The Balaban J connectivity index is 2.26. The molecule has 0 saturated heterocycles. The first-order valence-corrected chi connectivity index (χ1v) is 8.32. The summed E-state index contributed by atoms with van der Waals surface area (Å²) in [6.07, 6.45) is 1.10. The number of thiophene rings is 1. The Morgan fingerprint density at radius 2 is 2.10 bits per heavy atom. The van der Waals surface area contributed by atoms with E-state index in [0.717, 1.165) is 39.3 Å². The lowest BCUT2D eigenvalue weighted by Crippen LogP contribution is -2.18. The minimum Gasteiger partial charge on any atom is -0.377 e. The predicted octanol–water partition coefficient (Wildman–Crippen LogP) is 3.27. The molecular weight excluding hydrogens is 268 g/mol. The first kappa shape index (κ1) is 17.6. The lowest BCUT2D eigenvalue weighted by atomic mass is 10.2. The van der Waals surface area contributed by atoms with Gasteiger partial charge in [-0.25, -0.2) is 0 Å². The molecule has 1 heterocycles. The van der Waals surface area contributed by atoms with E-state index in [9.17, 15) is 0 Å². The third kappa shape index (κ3) is 7.39. The Kier molecular flexibility index (Phi) is 8.38. The minimum atomic E-state index is 0.704. The van der Waals surface area contributed by atoms with Crippen molar-refractivity contribution in [1.29, 1.82) is 0 Å². The molecule has 0 bridgehead atoms. The molecule has 20 heavy (non-hydrogen) atoms. The van der Waals surface area contributed by atoms with Crippen molar-refractivity contribution in [2.75, 3.05) is 33.8 Å². The fraction of sp³-hybridized carbons (Fsp3) is 0.750. The van der Waals surface area contributed by atoms with Crippen molar-refractivity contribution in [2.45, 2.75) is 40.3 Å². The molecule has 1 rings (SSSR count). The van der Waals surface area contributed by atoms with Gasteiger partial charge in [-0.05, 0) is 58.1 Å². The molecule has 0 atom stereocenters. The van der Waals surface area contributed by atoms with Crippen LogP contribution in [-0.2, 0) is 17.9 Å². The first-order chi connectivity index (χ1) is 9.49. The zero-order chi connectivity index (χ0) is 15.0. The van der Waals surface area contributed by atoms with E-state index in [2.05, 4.69) is 51.1 Å². The molecule has 0 aliphatic rings. The number of aryl methyl sites for hydroxylation is 1. The standard InChI is InChI=1S/C16H30N2OS/c1-13(2)10-17-11-16-9-15(14(3)20-16)12-19-8-6-7-18(4)5/h9,13,17H,6-8,10-12H2,1-5H3. The summed E-state index contributed by atoms with van der Waals surface area (Å²) in [7, 11) is 4.19. The summed E-state index contributed by atoms with van der Waals surface area (Å²) in [5, 5.41) is 3.49. The van der Waals surface area contributed by atoms with Crippen LogP contribution >= 0.6 is 11.3 Å². The highest BCUT2D eigenvalue weighted by Crippen LogP contribution is 2.22. The van der Waals surface area contributed by atoms with Crippen molar-refractivity contribution in [3.05, 3.63) is 21.4 Å². The van der Waals surface area contributed by atoms with Gasteiger partial charge in [0.05, 0.1) is 6.61 Å². The molecule has 1 N–H and O–H groups in total. The van der Waals surface area contributed by atoms with E-state index >= 15 is 0 Å². The van der Waals surface area contributed by atoms with Gasteiger partial charge in [0.15, 0.2) is 0 Å². The average molecular weight is 298 g/mol. The second kappa shape index (κ2) is 9.50. The summed E-state index contributed by atoms with van der Waals surface area (Å²) in [6, 6.07) is 2.29. The van der Waals surface area contributed by atoms with Crippen molar-refractivity contribution in [3.63, 3.8) is 0 Å². The van der Waals surface area contributed by atoms with Crippen LogP contribution < -0.4 is 5.32 Å². The van der Waals surface area contributed by atoms with Crippen molar-refractivity contribution in [3.8, 4) is 0 Å². The normalized spacial score (nSPS) is 11.8. The van der Waals surface area contributed by atoms with Crippen molar-refractivity contribution < 1.29 is 4.74 Å². The summed E-state index contributed by atoms with van der Waals surface area (Å²) in [5.41, 5.74) is 1.35. The molecule has 0 spiro atoms. The molecule has 4 heteroatoms. The molecule has 0 saturated carbocycles. The van der Waals surface area contributed by atoms with E-state index < -0.39 is 0 Å². The van der Waals surface area contributed by atoms with Crippen molar-refractivity contribution in [1.82, 2.24) is 10.2 Å². The molecule has 0 radical (unpaired) electrons. The van der Waals surface area contributed by atoms with Gasteiger partial charge in [0.25, 0.3) is 0 Å². The molecule has 3 nitrogen and oxygen atoms in total. The maximum absolute atomic E-state index is 5.77. The SMILES string of the molecule is Cc1sc(CNCC(C)C)cc1COCCCN(C)C. The summed E-state index contributed by atoms with van der Waals surface area (Å²) < 4.78 is 5.77. The van der Waals surface area contributed by atoms with Gasteiger partial charge >= 0.3 is 0 Å². The van der Waals surface area contributed by atoms with Crippen molar-refractivity contribution in [2.24, 2.45) is 5.92 Å². The van der Waals surface area contributed by atoms with Gasteiger partial charge in [-0.15, -0.1) is 11.3 Å². The third-order valence-corrected chi connectivity index (χ3v) is 4.17. The maximum Gasteiger partial charge on any atom is 0.0727 e. The maximum atomic E-state index is 5.77. The third-order valence-electron chi connectivity index (χ3n) is 3.07. The van der Waals surface area contributed by atoms with Gasteiger partial charge in [-0.1, -0.05) is 13.8 Å². The fourth-order valence-corrected chi connectivity index (χ4v) is 2.98. The molecule has 1 aromatic rings. The van der Waals surface area contributed by atoms with E-state index in [1.54, 1.807) is 0 Å². The van der Waals surface area contributed by atoms with E-state index in [4.69, 9.17) is 4.74 Å². The van der Waals surface area contributed by atoms with Crippen LogP contribution in [0.15, 0.2) is 6.07 Å². The van der Waals surface area contributed by atoms with Crippen LogP contribution in [0.1, 0.15) is 35.6 Å². The number of rotatable bonds is 10. The van der Waals surface area contributed by atoms with E-state index in [1.165, 1.54) is 15.3 Å². The molecule has 0 amide bonds. The van der Waals surface area contributed by atoms with Crippen LogP contribution in [0.3, 0.4) is 0 Å². The summed E-state index contributed by atoms with van der Waals surface area (Å²) in [4.78, 5) is 4.99. The number of nitrogens with one attached hydrogen (secondary N) is 1. The Labute approximate surface area is 128 Å². The molecule has 0 fully saturated rings. The van der Waals surface area contributed by atoms with Crippen LogP contribution in [0.4, 0.5) is 0 Å². The molecule has 0 aromatic carbocycles. The molecule has 0 unspecified atom stereocenters. The second-order valence-corrected chi connectivity index (χ2v) is 7.37. The predicted molar refractivity (Wildman–Crippen MR) is 88.4 cm³/mol. The highest BCUT2D eigenvalue weighted by atomic mass is 32.1. The zero-order valence-corrected chi connectivity index (χ0v) is 14.5. The highest BCUT2D eigenvalue weighted by Gasteiger charge is 2.06. The van der Waals surface area contributed by atoms with Gasteiger partial charge in [-0.3, -0.25) is 0 Å². The van der Waals surface area contributed by atoms with E-state index in [0.29, 0.717) is 5.92 Å². The first-order valence-electron chi connectivity index (χ1n) is 7.50. The quantitative estimate of drug-likeness (QED) is 0.671. The molecule has 1 aromatic heterocycles. The smallest absolute Gasteiger partial charge is 0.0727 e. The van der Waals surface area contributed by atoms with Gasteiger partial charge < -0.3 is 15.0 Å².